The minimum Gasteiger partial charge on any atom is -0.504 e. The molecule has 0 atom stereocenters. The quantitative estimate of drug-likeness (QED) is 0.555. The first kappa shape index (κ1) is 14.7. The smallest absolute Gasteiger partial charge is 0.262 e. The molecule has 0 radical (unpaired) electrons. The van der Waals surface area contributed by atoms with Crippen LogP contribution in [0.3, 0.4) is 0 Å². The Bertz CT molecular complexity index is 564. The standard InChI is InChI=1S/C12H13N3O3S/c1-18-10-4-3-7(5-9(10)16)15-12(19-2)8(6-13)11(14)17/h3-5,15-16H,1-2H3,(H2,14,17)/b12-8-. The van der Waals surface area contributed by atoms with Crippen LogP contribution in [0.15, 0.2) is 28.8 Å². The lowest BCUT2D eigenvalue weighted by molar-refractivity contribution is -0.114. The number of primary amides is 1. The highest BCUT2D eigenvalue weighted by atomic mass is 32.2. The maximum atomic E-state index is 11.1. The van der Waals surface area contributed by atoms with Crippen LogP contribution in [0.4, 0.5) is 5.69 Å². The zero-order valence-corrected chi connectivity index (χ0v) is 11.2. The van der Waals surface area contributed by atoms with Crippen LogP contribution in [0.1, 0.15) is 0 Å². The first-order chi connectivity index (χ1) is 9.03. The van der Waals surface area contributed by atoms with Gasteiger partial charge >= 0.3 is 0 Å². The molecule has 0 saturated heterocycles. The van der Waals surface area contributed by atoms with Crippen molar-refractivity contribution in [1.82, 2.24) is 0 Å². The lowest BCUT2D eigenvalue weighted by atomic mass is 10.2. The van der Waals surface area contributed by atoms with Crippen molar-refractivity contribution in [3.63, 3.8) is 0 Å². The third kappa shape index (κ3) is 3.56. The second kappa shape index (κ2) is 6.56. The van der Waals surface area contributed by atoms with E-state index in [1.54, 1.807) is 24.5 Å². The van der Waals surface area contributed by atoms with E-state index in [0.717, 1.165) is 0 Å². The van der Waals surface area contributed by atoms with Crippen molar-refractivity contribution in [3.8, 4) is 17.6 Å². The van der Waals surface area contributed by atoms with Crippen molar-refractivity contribution < 1.29 is 14.6 Å². The monoisotopic (exact) mass is 279 g/mol. The number of hydrogen-bond acceptors (Lipinski definition) is 6. The summed E-state index contributed by atoms with van der Waals surface area (Å²) in [5.74, 6) is -0.529. The predicted molar refractivity (Wildman–Crippen MR) is 73.6 cm³/mol. The molecule has 1 aromatic carbocycles. The maximum Gasteiger partial charge on any atom is 0.262 e. The molecule has 0 spiro atoms. The lowest BCUT2D eigenvalue weighted by Gasteiger charge is -2.11. The van der Waals surface area contributed by atoms with E-state index in [2.05, 4.69) is 5.32 Å². The Balaban J connectivity index is 3.10. The van der Waals surface area contributed by atoms with Gasteiger partial charge in [-0.05, 0) is 18.4 Å². The number of nitrogens with two attached hydrogens (primary N) is 1. The molecular formula is C12H13N3O3S. The summed E-state index contributed by atoms with van der Waals surface area (Å²) in [5.41, 5.74) is 5.46. The van der Waals surface area contributed by atoms with Gasteiger partial charge in [-0.2, -0.15) is 5.26 Å². The number of carbonyl (C=O) groups excluding carboxylic acids is 1. The van der Waals surface area contributed by atoms with E-state index >= 15 is 0 Å². The summed E-state index contributed by atoms with van der Waals surface area (Å²) in [4.78, 5) is 11.1. The molecule has 0 aliphatic heterocycles. The summed E-state index contributed by atoms with van der Waals surface area (Å²) in [7, 11) is 1.44. The molecule has 0 unspecified atom stereocenters. The Labute approximate surface area is 114 Å². The normalized spacial score (nSPS) is 11.2. The average Bonchev–Trinajstić information content (AvgIpc) is 2.38. The van der Waals surface area contributed by atoms with Crippen LogP contribution >= 0.6 is 11.8 Å². The molecule has 4 N–H and O–H groups in total. The molecule has 0 aliphatic carbocycles. The van der Waals surface area contributed by atoms with Crippen molar-refractivity contribution in [2.45, 2.75) is 0 Å². The molecule has 19 heavy (non-hydrogen) atoms. The second-order valence-electron chi connectivity index (χ2n) is 3.40. The van der Waals surface area contributed by atoms with Crippen LogP contribution in [0, 0.1) is 11.3 Å². The van der Waals surface area contributed by atoms with Crippen molar-refractivity contribution in [2.24, 2.45) is 5.73 Å². The van der Waals surface area contributed by atoms with Crippen molar-refractivity contribution >= 4 is 23.4 Å². The minimum atomic E-state index is -0.808. The van der Waals surface area contributed by atoms with E-state index in [1.807, 2.05) is 0 Å². The number of benzene rings is 1. The van der Waals surface area contributed by atoms with Gasteiger partial charge in [0.05, 0.1) is 12.1 Å². The Hall–Kier alpha value is -2.33. The van der Waals surface area contributed by atoms with Gasteiger partial charge in [0.1, 0.15) is 11.6 Å². The third-order valence-electron chi connectivity index (χ3n) is 2.23. The number of amides is 1. The number of thioether (sulfide) groups is 1. The van der Waals surface area contributed by atoms with E-state index in [4.69, 9.17) is 15.7 Å². The van der Waals surface area contributed by atoms with Gasteiger partial charge in [-0.3, -0.25) is 4.79 Å². The van der Waals surface area contributed by atoms with E-state index in [-0.39, 0.29) is 11.3 Å². The number of ether oxygens (including phenoxy) is 1. The van der Waals surface area contributed by atoms with Crippen molar-refractivity contribution in [1.29, 1.82) is 5.26 Å². The van der Waals surface area contributed by atoms with Crippen LogP contribution in [0.5, 0.6) is 11.5 Å². The molecule has 0 aliphatic rings. The van der Waals surface area contributed by atoms with E-state index in [0.29, 0.717) is 16.5 Å². The van der Waals surface area contributed by atoms with Gasteiger partial charge in [-0.25, -0.2) is 0 Å². The molecule has 7 heteroatoms. The highest BCUT2D eigenvalue weighted by molar-refractivity contribution is 8.02. The molecule has 100 valence electrons. The number of phenols is 1. The number of phenolic OH excluding ortho intramolecular Hbond substituents is 1. The van der Waals surface area contributed by atoms with Crippen LogP contribution in [-0.4, -0.2) is 24.4 Å². The fraction of sp³-hybridized carbons (Fsp3) is 0.167. The van der Waals surface area contributed by atoms with Gasteiger partial charge in [-0.15, -0.1) is 11.8 Å². The highest BCUT2D eigenvalue weighted by Gasteiger charge is 2.12. The fourth-order valence-electron chi connectivity index (χ4n) is 1.33. The van der Waals surface area contributed by atoms with E-state index in [1.165, 1.54) is 24.9 Å². The minimum absolute atomic E-state index is 0.0504. The summed E-state index contributed by atoms with van der Waals surface area (Å²) in [6.07, 6.45) is 1.70. The number of nitrogens with zero attached hydrogens (tertiary/aromatic N) is 1. The lowest BCUT2D eigenvalue weighted by Crippen LogP contribution is -2.16. The topological polar surface area (TPSA) is 108 Å². The number of nitriles is 1. The zero-order valence-electron chi connectivity index (χ0n) is 10.4. The average molecular weight is 279 g/mol. The summed E-state index contributed by atoms with van der Waals surface area (Å²) in [5, 5.41) is 21.7. The van der Waals surface area contributed by atoms with E-state index < -0.39 is 5.91 Å². The Morgan fingerprint density at radius 3 is 2.68 bits per heavy atom. The Morgan fingerprint density at radius 2 is 2.26 bits per heavy atom. The van der Waals surface area contributed by atoms with Gasteiger partial charge in [-0.1, -0.05) is 0 Å². The van der Waals surface area contributed by atoms with Crippen molar-refractivity contribution in [2.75, 3.05) is 18.7 Å². The number of hydrogen-bond donors (Lipinski definition) is 3. The zero-order chi connectivity index (χ0) is 14.4. The Morgan fingerprint density at radius 1 is 1.58 bits per heavy atom. The first-order valence-electron chi connectivity index (χ1n) is 5.15. The van der Waals surface area contributed by atoms with Gasteiger partial charge in [0.25, 0.3) is 5.91 Å². The van der Waals surface area contributed by atoms with Crippen LogP contribution in [0.25, 0.3) is 0 Å². The molecular weight excluding hydrogens is 266 g/mol. The highest BCUT2D eigenvalue weighted by Crippen LogP contribution is 2.30. The molecule has 6 nitrogen and oxygen atoms in total. The van der Waals surface area contributed by atoms with Gasteiger partial charge in [0.15, 0.2) is 11.5 Å². The third-order valence-corrected chi connectivity index (χ3v) is 2.94. The summed E-state index contributed by atoms with van der Waals surface area (Å²) in [6.45, 7) is 0. The number of aromatic hydroxyl groups is 1. The summed E-state index contributed by atoms with van der Waals surface area (Å²) < 4.78 is 4.92. The van der Waals surface area contributed by atoms with Gasteiger partial charge < -0.3 is 20.9 Å². The van der Waals surface area contributed by atoms with Crippen molar-refractivity contribution in [3.05, 3.63) is 28.8 Å². The molecule has 1 amide bonds. The van der Waals surface area contributed by atoms with E-state index in [9.17, 15) is 9.90 Å². The number of nitrogens with one attached hydrogen (secondary N) is 1. The largest absolute Gasteiger partial charge is 0.504 e. The summed E-state index contributed by atoms with van der Waals surface area (Å²) >= 11 is 1.17. The molecule has 0 aromatic heterocycles. The number of anilines is 1. The number of methoxy groups -OCH3 is 1. The molecule has 1 aromatic rings. The molecule has 0 saturated carbocycles. The predicted octanol–water partition coefficient (Wildman–Crippen LogP) is 1.40. The molecule has 0 bridgehead atoms. The van der Waals surface area contributed by atoms with Gasteiger partial charge in [0.2, 0.25) is 0 Å². The fourth-order valence-corrected chi connectivity index (χ4v) is 1.90. The summed E-state index contributed by atoms with van der Waals surface area (Å²) in [6, 6.07) is 6.37. The van der Waals surface area contributed by atoms with Gasteiger partial charge in [0, 0.05) is 11.8 Å². The SMILES string of the molecule is COc1ccc(N/C(SC)=C(\C#N)C(N)=O)cc1O. The second-order valence-corrected chi connectivity index (χ2v) is 4.21. The maximum absolute atomic E-state index is 11.1. The number of carbonyl (C=O) groups is 1. The van der Waals surface area contributed by atoms with Crippen LogP contribution < -0.4 is 15.8 Å². The van der Waals surface area contributed by atoms with Crippen LogP contribution in [-0.2, 0) is 4.79 Å². The Kier molecular flexibility index (Phi) is 5.09. The first-order valence-corrected chi connectivity index (χ1v) is 6.38. The van der Waals surface area contributed by atoms with Crippen LogP contribution in [0.2, 0.25) is 0 Å². The number of rotatable bonds is 5. The molecule has 1 rings (SSSR count). The molecule has 0 heterocycles. The molecule has 0 fully saturated rings.